The molecule has 2 aromatic rings. The monoisotopic (exact) mass is 365 g/mol. The highest BCUT2D eigenvalue weighted by molar-refractivity contribution is 9.11. The molecule has 0 saturated carbocycles. The Bertz CT molecular complexity index is 755. The fourth-order valence-electron chi connectivity index (χ4n) is 2.48. The molecule has 0 fully saturated rings. The van der Waals surface area contributed by atoms with Crippen LogP contribution in [0.3, 0.4) is 0 Å². The number of nitrogens with one attached hydrogen (secondary N) is 1. The van der Waals surface area contributed by atoms with Gasteiger partial charge in [0.25, 0.3) is 5.91 Å². The fraction of sp³-hybridized carbons (Fsp3) is 0.200. The molecule has 1 atom stereocenters. The molecule has 1 aliphatic rings. The molecule has 1 aliphatic heterocycles. The van der Waals surface area contributed by atoms with Gasteiger partial charge in [0.05, 0.1) is 20.8 Å². The van der Waals surface area contributed by atoms with Gasteiger partial charge in [-0.3, -0.25) is 9.59 Å². The summed E-state index contributed by atoms with van der Waals surface area (Å²) in [6, 6.07) is 8.76. The van der Waals surface area contributed by atoms with Gasteiger partial charge in [-0.2, -0.15) is 0 Å². The molecule has 4 nitrogen and oxygen atoms in total. The highest BCUT2D eigenvalue weighted by Crippen LogP contribution is 2.41. The number of halogens is 1. The van der Waals surface area contributed by atoms with Crippen molar-refractivity contribution in [1.82, 2.24) is 0 Å². The van der Waals surface area contributed by atoms with E-state index in [1.54, 1.807) is 24.3 Å². The Balaban J connectivity index is 1.97. The highest BCUT2D eigenvalue weighted by atomic mass is 79.9. The van der Waals surface area contributed by atoms with Gasteiger partial charge in [-0.1, -0.05) is 18.2 Å². The number of amides is 1. The number of rotatable bonds is 3. The predicted octanol–water partition coefficient (Wildman–Crippen LogP) is 3.23. The molecule has 2 heterocycles. The first-order chi connectivity index (χ1) is 9.91. The molecule has 3 rings (SSSR count). The van der Waals surface area contributed by atoms with Gasteiger partial charge in [0, 0.05) is 5.56 Å². The summed E-state index contributed by atoms with van der Waals surface area (Å²) in [5, 5.41) is 13.4. The van der Waals surface area contributed by atoms with Gasteiger partial charge in [0.1, 0.15) is 0 Å². The third kappa shape index (κ3) is 2.33. The SMILES string of the molecule is Cc1cccc2c1NC(=O)[C@]2(O)CC(=O)c1ccc(Br)s1. The fourth-order valence-corrected chi connectivity index (χ4v) is 3.80. The predicted molar refractivity (Wildman–Crippen MR) is 84.7 cm³/mol. The molecule has 6 heteroatoms. The molecule has 1 aromatic carbocycles. The van der Waals surface area contributed by atoms with Crippen LogP contribution in [-0.2, 0) is 10.4 Å². The normalized spacial score (nSPS) is 20.2. The Kier molecular flexibility index (Phi) is 3.47. The zero-order valence-electron chi connectivity index (χ0n) is 11.1. The Morgan fingerprint density at radius 1 is 1.38 bits per heavy atom. The average molecular weight is 366 g/mol. The maximum atomic E-state index is 12.3. The summed E-state index contributed by atoms with van der Waals surface area (Å²) < 4.78 is 0.838. The summed E-state index contributed by atoms with van der Waals surface area (Å²) in [4.78, 5) is 25.0. The first-order valence-electron chi connectivity index (χ1n) is 6.34. The number of thiophene rings is 1. The number of para-hydroxylation sites is 1. The number of hydrogen-bond acceptors (Lipinski definition) is 4. The average Bonchev–Trinajstić information content (AvgIpc) is 2.96. The smallest absolute Gasteiger partial charge is 0.261 e. The molecule has 0 bridgehead atoms. The second-order valence-corrected chi connectivity index (χ2v) is 7.48. The van der Waals surface area contributed by atoms with E-state index < -0.39 is 11.5 Å². The number of aliphatic hydroxyl groups is 1. The molecular weight excluding hydrogens is 354 g/mol. The third-order valence-corrected chi connectivity index (χ3v) is 5.26. The Labute approximate surface area is 133 Å². The highest BCUT2D eigenvalue weighted by Gasteiger charge is 2.47. The van der Waals surface area contributed by atoms with Crippen LogP contribution in [0.15, 0.2) is 34.1 Å². The maximum absolute atomic E-state index is 12.3. The van der Waals surface area contributed by atoms with E-state index in [9.17, 15) is 14.7 Å². The summed E-state index contributed by atoms with van der Waals surface area (Å²) in [5.74, 6) is -0.798. The van der Waals surface area contributed by atoms with Crippen LogP contribution < -0.4 is 5.32 Å². The van der Waals surface area contributed by atoms with Crippen LogP contribution in [0.4, 0.5) is 5.69 Å². The van der Waals surface area contributed by atoms with Crippen molar-refractivity contribution in [3.05, 3.63) is 50.1 Å². The van der Waals surface area contributed by atoms with Gasteiger partial charge >= 0.3 is 0 Å². The van der Waals surface area contributed by atoms with Crippen LogP contribution in [0.1, 0.15) is 27.2 Å². The Hall–Kier alpha value is -1.50. The molecule has 1 aromatic heterocycles. The standard InChI is InChI=1S/C15H12BrNO3S/c1-8-3-2-4-9-13(8)17-14(19)15(9,20)7-10(18)11-5-6-12(16)21-11/h2-6,20H,7H2,1H3,(H,17,19)/t15-/m0/s1. The quantitative estimate of drug-likeness (QED) is 0.820. The van der Waals surface area contributed by atoms with Crippen LogP contribution in [0.5, 0.6) is 0 Å². The van der Waals surface area contributed by atoms with Crippen molar-refractivity contribution in [3.8, 4) is 0 Å². The van der Waals surface area contributed by atoms with Crippen LogP contribution in [-0.4, -0.2) is 16.8 Å². The van der Waals surface area contributed by atoms with E-state index in [4.69, 9.17) is 0 Å². The molecular formula is C15H12BrNO3S. The number of benzene rings is 1. The van der Waals surface area contributed by atoms with Crippen molar-refractivity contribution >= 4 is 44.6 Å². The maximum Gasteiger partial charge on any atom is 0.261 e. The minimum absolute atomic E-state index is 0.252. The molecule has 0 unspecified atom stereocenters. The van der Waals surface area contributed by atoms with E-state index in [0.29, 0.717) is 16.1 Å². The van der Waals surface area contributed by atoms with Crippen LogP contribution in [0, 0.1) is 6.92 Å². The number of carbonyl (C=O) groups excluding carboxylic acids is 2. The third-order valence-electron chi connectivity index (χ3n) is 3.60. The zero-order chi connectivity index (χ0) is 15.2. The van der Waals surface area contributed by atoms with Crippen molar-refractivity contribution in [2.24, 2.45) is 0 Å². The molecule has 0 saturated heterocycles. The van der Waals surface area contributed by atoms with Crippen molar-refractivity contribution in [2.45, 2.75) is 18.9 Å². The van der Waals surface area contributed by atoms with Gasteiger partial charge in [-0.25, -0.2) is 0 Å². The van der Waals surface area contributed by atoms with E-state index in [-0.39, 0.29) is 12.2 Å². The second kappa shape index (κ2) is 5.05. The summed E-state index contributed by atoms with van der Waals surface area (Å²) in [6.07, 6.45) is -0.262. The lowest BCUT2D eigenvalue weighted by atomic mass is 9.89. The topological polar surface area (TPSA) is 66.4 Å². The zero-order valence-corrected chi connectivity index (χ0v) is 13.5. The molecule has 0 aliphatic carbocycles. The van der Waals surface area contributed by atoms with Crippen molar-refractivity contribution < 1.29 is 14.7 Å². The van der Waals surface area contributed by atoms with Gasteiger partial charge < -0.3 is 10.4 Å². The molecule has 0 radical (unpaired) electrons. The van der Waals surface area contributed by atoms with Gasteiger partial charge in [-0.15, -0.1) is 11.3 Å². The molecule has 21 heavy (non-hydrogen) atoms. The summed E-state index contributed by atoms with van der Waals surface area (Å²) >= 11 is 4.59. The van der Waals surface area contributed by atoms with E-state index in [0.717, 1.165) is 9.35 Å². The first-order valence-corrected chi connectivity index (χ1v) is 7.95. The second-order valence-electron chi connectivity index (χ2n) is 5.02. The lowest BCUT2D eigenvalue weighted by Gasteiger charge is -2.19. The lowest BCUT2D eigenvalue weighted by molar-refractivity contribution is -0.133. The number of carbonyl (C=O) groups is 2. The molecule has 1 amide bonds. The van der Waals surface area contributed by atoms with Crippen molar-refractivity contribution in [3.63, 3.8) is 0 Å². The lowest BCUT2D eigenvalue weighted by Crippen LogP contribution is -2.36. The number of hydrogen-bond donors (Lipinski definition) is 2. The molecule has 0 spiro atoms. The van der Waals surface area contributed by atoms with Crippen molar-refractivity contribution in [2.75, 3.05) is 5.32 Å². The minimum atomic E-state index is -1.80. The largest absolute Gasteiger partial charge is 0.375 e. The van der Waals surface area contributed by atoms with Gasteiger partial charge in [0.2, 0.25) is 0 Å². The van der Waals surface area contributed by atoms with Crippen molar-refractivity contribution in [1.29, 1.82) is 0 Å². The van der Waals surface area contributed by atoms with Crippen LogP contribution in [0.25, 0.3) is 0 Å². The summed E-state index contributed by atoms with van der Waals surface area (Å²) in [5.41, 5.74) is 0.138. The first kappa shape index (κ1) is 14.4. The number of ketones is 1. The summed E-state index contributed by atoms with van der Waals surface area (Å²) in [6.45, 7) is 1.85. The van der Waals surface area contributed by atoms with Crippen LogP contribution >= 0.6 is 27.3 Å². The van der Waals surface area contributed by atoms with Crippen LogP contribution in [0.2, 0.25) is 0 Å². The minimum Gasteiger partial charge on any atom is -0.375 e. The van der Waals surface area contributed by atoms with E-state index in [1.807, 2.05) is 13.0 Å². The number of Topliss-reactive ketones (excluding diaryl/α,β-unsaturated/α-hetero) is 1. The number of aryl methyl sites for hydroxylation is 1. The molecule has 108 valence electrons. The Morgan fingerprint density at radius 2 is 2.14 bits per heavy atom. The summed E-state index contributed by atoms with van der Waals surface area (Å²) in [7, 11) is 0. The number of anilines is 1. The Morgan fingerprint density at radius 3 is 2.81 bits per heavy atom. The van der Waals surface area contributed by atoms with Gasteiger partial charge in [0.15, 0.2) is 11.4 Å². The van der Waals surface area contributed by atoms with E-state index in [1.165, 1.54) is 11.3 Å². The van der Waals surface area contributed by atoms with Gasteiger partial charge in [-0.05, 0) is 40.5 Å². The van der Waals surface area contributed by atoms with E-state index >= 15 is 0 Å². The number of fused-ring (bicyclic) bond motifs is 1. The molecule has 2 N–H and O–H groups in total. The van der Waals surface area contributed by atoms with E-state index in [2.05, 4.69) is 21.2 Å².